The highest BCUT2D eigenvalue weighted by Gasteiger charge is 1.92. The molecule has 0 unspecified atom stereocenters. The molecule has 0 aromatic heterocycles. The Morgan fingerprint density at radius 3 is 2.55 bits per heavy atom. The van der Waals surface area contributed by atoms with Gasteiger partial charge >= 0.3 is 0 Å². The van der Waals surface area contributed by atoms with E-state index in [1.807, 2.05) is 25.3 Å². The van der Waals surface area contributed by atoms with E-state index in [-0.39, 0.29) is 0 Å². The van der Waals surface area contributed by atoms with Crippen LogP contribution in [0.25, 0.3) is 0 Å². The normalized spacial score (nSPS) is 14.4. The highest BCUT2D eigenvalue weighted by molar-refractivity contribution is 5.10. The first kappa shape index (κ1) is 10.2. The van der Waals surface area contributed by atoms with E-state index in [0.717, 1.165) is 6.42 Å². The molecule has 0 aliphatic carbocycles. The molecular formula is C10H17N. The summed E-state index contributed by atoms with van der Waals surface area (Å²) in [5.74, 6) is 0. The van der Waals surface area contributed by atoms with Crippen molar-refractivity contribution in [3.63, 3.8) is 0 Å². The zero-order valence-electron chi connectivity index (χ0n) is 7.38. The van der Waals surface area contributed by atoms with Crippen molar-refractivity contribution in [2.24, 2.45) is 0 Å². The van der Waals surface area contributed by atoms with Crippen molar-refractivity contribution in [2.45, 2.75) is 19.4 Å². The van der Waals surface area contributed by atoms with Gasteiger partial charge in [-0.25, -0.2) is 0 Å². The van der Waals surface area contributed by atoms with E-state index in [2.05, 4.69) is 24.9 Å². The number of likely N-dealkylation sites (N-methyl/N-ethyl adjacent to an activating group) is 1. The van der Waals surface area contributed by atoms with Crippen molar-refractivity contribution in [3.8, 4) is 0 Å². The molecule has 0 heterocycles. The molecule has 1 N–H and O–H groups in total. The van der Waals surface area contributed by atoms with Crippen molar-refractivity contribution >= 4 is 0 Å². The minimum absolute atomic E-state index is 0.490. The van der Waals surface area contributed by atoms with Crippen LogP contribution in [-0.2, 0) is 0 Å². The maximum Gasteiger partial charge on any atom is 0.0247 e. The Kier molecular flexibility index (Phi) is 6.75. The molecule has 11 heavy (non-hydrogen) atoms. The van der Waals surface area contributed by atoms with E-state index in [9.17, 15) is 0 Å². The average molecular weight is 151 g/mol. The van der Waals surface area contributed by atoms with Crippen molar-refractivity contribution in [1.82, 2.24) is 5.32 Å². The van der Waals surface area contributed by atoms with Gasteiger partial charge < -0.3 is 5.32 Å². The number of hydrogen-bond acceptors (Lipinski definition) is 1. The lowest BCUT2D eigenvalue weighted by Gasteiger charge is -2.05. The number of rotatable bonds is 5. The minimum Gasteiger partial charge on any atom is -0.314 e. The number of nitrogens with one attached hydrogen (secondary N) is 1. The first-order chi connectivity index (χ1) is 5.35. The molecule has 0 fully saturated rings. The lowest BCUT2D eigenvalue weighted by molar-refractivity contribution is 0.647. The van der Waals surface area contributed by atoms with Gasteiger partial charge in [0.2, 0.25) is 0 Å². The maximum atomic E-state index is 3.58. The first-order valence-corrected chi connectivity index (χ1v) is 3.98. The molecule has 0 saturated carbocycles. The van der Waals surface area contributed by atoms with Gasteiger partial charge in [-0.1, -0.05) is 43.9 Å². The molecule has 0 aromatic rings. The molecule has 1 atom stereocenters. The van der Waals surface area contributed by atoms with Crippen LogP contribution in [0.15, 0.2) is 37.0 Å². The molecule has 0 amide bonds. The highest BCUT2D eigenvalue weighted by Crippen LogP contribution is 1.91. The molecular weight excluding hydrogens is 134 g/mol. The van der Waals surface area contributed by atoms with Gasteiger partial charge in [-0.3, -0.25) is 0 Å². The summed E-state index contributed by atoms with van der Waals surface area (Å²) in [4.78, 5) is 0. The van der Waals surface area contributed by atoms with E-state index in [1.54, 1.807) is 6.08 Å². The Labute approximate surface area is 69.5 Å². The number of allylic oxidation sites excluding steroid dienone is 4. The summed E-state index contributed by atoms with van der Waals surface area (Å²) < 4.78 is 0. The zero-order valence-corrected chi connectivity index (χ0v) is 7.38. The Hall–Kier alpha value is -0.820. The summed E-state index contributed by atoms with van der Waals surface area (Å²) in [7, 11) is 1.97. The van der Waals surface area contributed by atoms with E-state index in [4.69, 9.17) is 0 Å². The quantitative estimate of drug-likeness (QED) is 0.594. The van der Waals surface area contributed by atoms with Crippen LogP contribution in [0.4, 0.5) is 0 Å². The summed E-state index contributed by atoms with van der Waals surface area (Å²) in [6.07, 6.45) is 11.0. The van der Waals surface area contributed by atoms with Crippen molar-refractivity contribution in [1.29, 1.82) is 0 Å². The van der Waals surface area contributed by atoms with Crippen LogP contribution in [-0.4, -0.2) is 13.1 Å². The van der Waals surface area contributed by atoms with Gasteiger partial charge in [0.15, 0.2) is 0 Å². The molecule has 1 nitrogen and oxygen atoms in total. The maximum absolute atomic E-state index is 3.58. The van der Waals surface area contributed by atoms with Gasteiger partial charge in [0.1, 0.15) is 0 Å². The van der Waals surface area contributed by atoms with Gasteiger partial charge in [-0.15, -0.1) is 0 Å². The van der Waals surface area contributed by atoms with Crippen LogP contribution in [0.1, 0.15) is 13.3 Å². The molecule has 0 aliphatic heterocycles. The Morgan fingerprint density at radius 2 is 2.09 bits per heavy atom. The molecule has 62 valence electrons. The predicted molar refractivity (Wildman–Crippen MR) is 51.6 cm³/mol. The molecule has 0 saturated heterocycles. The molecule has 1 heteroatoms. The standard InChI is InChI=1S/C10H17N/c1-4-6-7-8-9-10(5-2)11-3/h4,6-11H,1,5H2,2-3H3/b7-6-,9-8+/t10-/m1/s1. The SMILES string of the molecule is C=C/C=C\C=C\[C@@H](CC)NC. The minimum atomic E-state index is 0.490. The second-order valence-electron chi connectivity index (χ2n) is 2.31. The molecule has 0 bridgehead atoms. The van der Waals surface area contributed by atoms with Crippen LogP contribution in [0.5, 0.6) is 0 Å². The van der Waals surface area contributed by atoms with Crippen molar-refractivity contribution < 1.29 is 0 Å². The molecule has 0 spiro atoms. The lowest BCUT2D eigenvalue weighted by atomic mass is 10.2. The zero-order chi connectivity index (χ0) is 8.53. The third kappa shape index (κ3) is 5.62. The van der Waals surface area contributed by atoms with Crippen LogP contribution in [0.3, 0.4) is 0 Å². The van der Waals surface area contributed by atoms with Crippen LogP contribution >= 0.6 is 0 Å². The molecule has 0 rings (SSSR count). The van der Waals surface area contributed by atoms with Gasteiger partial charge in [0.05, 0.1) is 0 Å². The summed E-state index contributed by atoms with van der Waals surface area (Å²) >= 11 is 0. The van der Waals surface area contributed by atoms with E-state index in [1.165, 1.54) is 0 Å². The second-order valence-corrected chi connectivity index (χ2v) is 2.31. The summed E-state index contributed by atoms with van der Waals surface area (Å²) in [6.45, 7) is 5.74. The molecule has 0 aliphatic rings. The van der Waals surface area contributed by atoms with E-state index >= 15 is 0 Å². The topological polar surface area (TPSA) is 12.0 Å². The average Bonchev–Trinajstić information content (AvgIpc) is 2.05. The van der Waals surface area contributed by atoms with Gasteiger partial charge in [-0.2, -0.15) is 0 Å². The summed E-state index contributed by atoms with van der Waals surface area (Å²) in [6, 6.07) is 0.490. The summed E-state index contributed by atoms with van der Waals surface area (Å²) in [5, 5.41) is 3.18. The van der Waals surface area contributed by atoms with Gasteiger partial charge in [0, 0.05) is 6.04 Å². The summed E-state index contributed by atoms with van der Waals surface area (Å²) in [5.41, 5.74) is 0. The highest BCUT2D eigenvalue weighted by atomic mass is 14.8. The third-order valence-electron chi connectivity index (χ3n) is 1.51. The smallest absolute Gasteiger partial charge is 0.0247 e. The van der Waals surface area contributed by atoms with Crippen LogP contribution < -0.4 is 5.32 Å². The second kappa shape index (κ2) is 7.29. The van der Waals surface area contributed by atoms with Gasteiger partial charge in [-0.05, 0) is 13.5 Å². The fraction of sp³-hybridized carbons (Fsp3) is 0.400. The largest absolute Gasteiger partial charge is 0.314 e. The fourth-order valence-electron chi connectivity index (χ4n) is 0.777. The third-order valence-corrected chi connectivity index (χ3v) is 1.51. The number of hydrogen-bond donors (Lipinski definition) is 1. The monoisotopic (exact) mass is 151 g/mol. The lowest BCUT2D eigenvalue weighted by Crippen LogP contribution is -2.20. The van der Waals surface area contributed by atoms with Crippen LogP contribution in [0.2, 0.25) is 0 Å². The van der Waals surface area contributed by atoms with E-state index in [0.29, 0.717) is 6.04 Å². The van der Waals surface area contributed by atoms with Crippen LogP contribution in [0, 0.1) is 0 Å². The Bertz CT molecular complexity index is 141. The molecule has 0 aromatic carbocycles. The van der Waals surface area contributed by atoms with Crippen molar-refractivity contribution in [2.75, 3.05) is 7.05 Å². The predicted octanol–water partition coefficient (Wildman–Crippen LogP) is 2.28. The fourth-order valence-corrected chi connectivity index (χ4v) is 0.777. The van der Waals surface area contributed by atoms with Gasteiger partial charge in [0.25, 0.3) is 0 Å². The Balaban J connectivity index is 3.69. The first-order valence-electron chi connectivity index (χ1n) is 3.98. The van der Waals surface area contributed by atoms with Crippen molar-refractivity contribution in [3.05, 3.63) is 37.0 Å². The Morgan fingerprint density at radius 1 is 1.36 bits per heavy atom. The molecule has 0 radical (unpaired) electrons. The van der Waals surface area contributed by atoms with E-state index < -0.39 is 0 Å².